The summed E-state index contributed by atoms with van der Waals surface area (Å²) in [7, 11) is 0. The van der Waals surface area contributed by atoms with Gasteiger partial charge in [-0.05, 0) is 35.6 Å². The van der Waals surface area contributed by atoms with E-state index in [0.717, 1.165) is 12.1 Å². The zero-order chi connectivity index (χ0) is 12.3. The zero-order valence-electron chi connectivity index (χ0n) is 9.14. The molecule has 0 N–H and O–H groups in total. The average molecular weight is 284 g/mol. The Morgan fingerprint density at radius 3 is 2.65 bits per heavy atom. The van der Waals surface area contributed by atoms with E-state index in [1.807, 2.05) is 11.6 Å². The third-order valence-corrected chi connectivity index (χ3v) is 4.19. The molecule has 0 radical (unpaired) electrons. The molecule has 88 valence electrons. The Morgan fingerprint density at radius 1 is 1.41 bits per heavy atom. The van der Waals surface area contributed by atoms with Gasteiger partial charge in [0.15, 0.2) is 5.01 Å². The predicted molar refractivity (Wildman–Crippen MR) is 73.3 cm³/mol. The summed E-state index contributed by atoms with van der Waals surface area (Å²) in [5, 5.41) is 1.75. The Balaban J connectivity index is 2.11. The number of aromatic nitrogens is 1. The van der Waals surface area contributed by atoms with E-state index in [2.05, 4.69) is 29.2 Å². The minimum Gasteiger partial charge on any atom is -0.273 e. The molecule has 1 aromatic carbocycles. The fraction of sp³-hybridized carbons (Fsp3) is 0.167. The van der Waals surface area contributed by atoms with Crippen LogP contribution in [0.2, 0.25) is 0 Å². The van der Waals surface area contributed by atoms with Gasteiger partial charge < -0.3 is 0 Å². The van der Waals surface area contributed by atoms with Crippen LogP contribution >= 0.6 is 34.7 Å². The van der Waals surface area contributed by atoms with Gasteiger partial charge in [0.2, 0.25) is 0 Å². The Kier molecular flexibility index (Phi) is 4.20. The average Bonchev–Trinajstić information content (AvgIpc) is 2.79. The van der Waals surface area contributed by atoms with Gasteiger partial charge in [-0.2, -0.15) is 0 Å². The maximum Gasteiger partial charge on any atom is 0.281 e. The molecular weight excluding hydrogens is 274 g/mol. The first-order chi connectivity index (χ1) is 8.19. The largest absolute Gasteiger partial charge is 0.281 e. The summed E-state index contributed by atoms with van der Waals surface area (Å²) in [5.41, 5.74) is 2.07. The first kappa shape index (κ1) is 12.6. The van der Waals surface area contributed by atoms with Crippen LogP contribution in [0.25, 0.3) is 0 Å². The number of carbonyl (C=O) groups is 1. The van der Waals surface area contributed by atoms with Gasteiger partial charge in [0.25, 0.3) is 5.24 Å². The fourth-order valence-electron chi connectivity index (χ4n) is 1.43. The van der Waals surface area contributed by atoms with Crippen LogP contribution in [-0.2, 0) is 6.42 Å². The number of thioether (sulfide) groups is 1. The lowest BCUT2D eigenvalue weighted by Crippen LogP contribution is -1.91. The number of nitrogens with zero attached hydrogens (tertiary/aromatic N) is 1. The zero-order valence-corrected chi connectivity index (χ0v) is 11.5. The van der Waals surface area contributed by atoms with Crippen molar-refractivity contribution in [1.82, 2.24) is 4.98 Å². The molecule has 0 amide bonds. The maximum absolute atomic E-state index is 10.9. The van der Waals surface area contributed by atoms with Crippen molar-refractivity contribution in [2.75, 3.05) is 6.26 Å². The standard InChI is InChI=1S/C12H10ClNOS2/c1-16-10-4-2-8(3-5-10)6-9-7-17-12(14-9)11(13)15/h2-5,7H,6H2,1H3. The Bertz CT molecular complexity index is 522. The SMILES string of the molecule is CSc1ccc(Cc2csc(C(=O)Cl)n2)cc1. The van der Waals surface area contributed by atoms with E-state index in [0.29, 0.717) is 5.01 Å². The van der Waals surface area contributed by atoms with Crippen LogP contribution in [0.4, 0.5) is 0 Å². The summed E-state index contributed by atoms with van der Waals surface area (Å²) in [6.45, 7) is 0. The lowest BCUT2D eigenvalue weighted by Gasteiger charge is -2.00. The van der Waals surface area contributed by atoms with Crippen LogP contribution in [0.15, 0.2) is 34.5 Å². The van der Waals surface area contributed by atoms with E-state index in [1.54, 1.807) is 11.8 Å². The van der Waals surface area contributed by atoms with Crippen molar-refractivity contribution in [3.05, 3.63) is 45.9 Å². The molecule has 0 saturated heterocycles. The fourth-order valence-corrected chi connectivity index (χ4v) is 2.66. The van der Waals surface area contributed by atoms with E-state index < -0.39 is 5.24 Å². The number of hydrogen-bond acceptors (Lipinski definition) is 4. The highest BCUT2D eigenvalue weighted by Gasteiger charge is 2.08. The van der Waals surface area contributed by atoms with E-state index >= 15 is 0 Å². The minimum atomic E-state index is -0.487. The van der Waals surface area contributed by atoms with Crippen LogP contribution in [-0.4, -0.2) is 16.5 Å². The topological polar surface area (TPSA) is 30.0 Å². The number of rotatable bonds is 4. The van der Waals surface area contributed by atoms with Crippen LogP contribution in [0.1, 0.15) is 21.1 Å². The first-order valence-electron chi connectivity index (χ1n) is 4.96. The number of hydrogen-bond donors (Lipinski definition) is 0. The first-order valence-corrected chi connectivity index (χ1v) is 7.44. The van der Waals surface area contributed by atoms with E-state index in [4.69, 9.17) is 11.6 Å². The summed E-state index contributed by atoms with van der Waals surface area (Å²) in [4.78, 5) is 16.3. The molecule has 0 bridgehead atoms. The van der Waals surface area contributed by atoms with Crippen LogP contribution in [0, 0.1) is 0 Å². The number of thiazole rings is 1. The number of carbonyl (C=O) groups excluding carboxylic acids is 1. The molecule has 2 aromatic rings. The highest BCUT2D eigenvalue weighted by atomic mass is 35.5. The summed E-state index contributed by atoms with van der Waals surface area (Å²) in [6.07, 6.45) is 2.78. The molecule has 1 heterocycles. The van der Waals surface area contributed by atoms with Crippen molar-refractivity contribution in [2.24, 2.45) is 0 Å². The maximum atomic E-state index is 10.9. The quantitative estimate of drug-likeness (QED) is 0.631. The molecule has 17 heavy (non-hydrogen) atoms. The molecular formula is C12H10ClNOS2. The van der Waals surface area contributed by atoms with Gasteiger partial charge in [-0.25, -0.2) is 4.98 Å². The summed E-state index contributed by atoms with van der Waals surface area (Å²) in [5.74, 6) is 0. The molecule has 0 saturated carbocycles. The van der Waals surface area contributed by atoms with E-state index in [-0.39, 0.29) is 0 Å². The molecule has 0 aliphatic heterocycles. The van der Waals surface area contributed by atoms with Crippen molar-refractivity contribution in [1.29, 1.82) is 0 Å². The van der Waals surface area contributed by atoms with E-state index in [9.17, 15) is 4.79 Å². The van der Waals surface area contributed by atoms with Crippen LogP contribution in [0.5, 0.6) is 0 Å². The van der Waals surface area contributed by atoms with Crippen LogP contribution < -0.4 is 0 Å². The van der Waals surface area contributed by atoms with E-state index in [1.165, 1.54) is 21.8 Å². The molecule has 0 aliphatic carbocycles. The Morgan fingerprint density at radius 2 is 2.12 bits per heavy atom. The van der Waals surface area contributed by atoms with Crippen molar-refractivity contribution in [3.8, 4) is 0 Å². The van der Waals surface area contributed by atoms with Gasteiger partial charge in [0, 0.05) is 16.7 Å². The van der Waals surface area contributed by atoms with Gasteiger partial charge >= 0.3 is 0 Å². The second-order valence-corrected chi connectivity index (χ2v) is 5.52. The Hall–Kier alpha value is -0.840. The van der Waals surface area contributed by atoms with Crippen molar-refractivity contribution in [3.63, 3.8) is 0 Å². The minimum absolute atomic E-state index is 0.363. The molecule has 5 heteroatoms. The highest BCUT2D eigenvalue weighted by Crippen LogP contribution is 2.18. The van der Waals surface area contributed by atoms with Crippen LogP contribution in [0.3, 0.4) is 0 Å². The third-order valence-electron chi connectivity index (χ3n) is 2.26. The summed E-state index contributed by atoms with van der Waals surface area (Å²) < 4.78 is 0. The van der Waals surface area contributed by atoms with Gasteiger partial charge in [0.05, 0.1) is 5.69 Å². The molecule has 0 aliphatic rings. The summed E-state index contributed by atoms with van der Waals surface area (Å²) in [6, 6.07) is 8.32. The van der Waals surface area contributed by atoms with Gasteiger partial charge in [-0.15, -0.1) is 23.1 Å². The van der Waals surface area contributed by atoms with Crippen molar-refractivity contribution < 1.29 is 4.79 Å². The Labute approximate surface area is 113 Å². The smallest absolute Gasteiger partial charge is 0.273 e. The lowest BCUT2D eigenvalue weighted by atomic mass is 10.1. The van der Waals surface area contributed by atoms with Gasteiger partial charge in [-0.3, -0.25) is 4.79 Å². The van der Waals surface area contributed by atoms with Gasteiger partial charge in [-0.1, -0.05) is 12.1 Å². The number of benzene rings is 1. The second-order valence-electron chi connectivity index (χ2n) is 3.44. The second kappa shape index (κ2) is 5.67. The van der Waals surface area contributed by atoms with Crippen molar-refractivity contribution >= 4 is 39.9 Å². The van der Waals surface area contributed by atoms with Crippen molar-refractivity contribution in [2.45, 2.75) is 11.3 Å². The molecule has 0 fully saturated rings. The monoisotopic (exact) mass is 283 g/mol. The predicted octanol–water partition coefficient (Wildman–Crippen LogP) is 3.83. The molecule has 2 rings (SSSR count). The van der Waals surface area contributed by atoms with Gasteiger partial charge in [0.1, 0.15) is 0 Å². The molecule has 0 atom stereocenters. The molecule has 0 unspecified atom stereocenters. The lowest BCUT2D eigenvalue weighted by molar-refractivity contribution is 0.108. The number of halogens is 1. The highest BCUT2D eigenvalue weighted by molar-refractivity contribution is 7.98. The third kappa shape index (κ3) is 3.31. The molecule has 0 spiro atoms. The molecule has 2 nitrogen and oxygen atoms in total. The normalized spacial score (nSPS) is 10.5. The summed E-state index contributed by atoms with van der Waals surface area (Å²) >= 11 is 8.37. The molecule has 1 aromatic heterocycles.